The quantitative estimate of drug-likeness (QED) is 0.946. The lowest BCUT2D eigenvalue weighted by atomic mass is 10.3. The molecule has 1 radical (unpaired) electrons. The van der Waals surface area contributed by atoms with Gasteiger partial charge < -0.3 is 15.0 Å². The van der Waals surface area contributed by atoms with Crippen molar-refractivity contribution >= 4 is 11.7 Å². The van der Waals surface area contributed by atoms with Crippen molar-refractivity contribution < 1.29 is 9.53 Å². The normalized spacial score (nSPS) is 14.5. The van der Waals surface area contributed by atoms with Crippen molar-refractivity contribution in [1.29, 1.82) is 0 Å². The minimum Gasteiger partial charge on any atom is -0.457 e. The molecule has 22 heavy (non-hydrogen) atoms. The lowest BCUT2D eigenvalue weighted by molar-refractivity contribution is 0.203. The standard InChI is InChI=1S/C17H18N3O2/c21-17(20-12-10-18-11-13-20)19-14-6-8-16(9-7-14)22-15-4-2-1-3-5-15/h1-9H,10-13H2,(H,19,21). The lowest BCUT2D eigenvalue weighted by Gasteiger charge is -2.26. The summed E-state index contributed by atoms with van der Waals surface area (Å²) in [6.45, 7) is 2.80. The second kappa shape index (κ2) is 6.95. The van der Waals surface area contributed by atoms with Crippen LogP contribution >= 0.6 is 0 Å². The molecule has 2 amide bonds. The minimum absolute atomic E-state index is 0.0772. The van der Waals surface area contributed by atoms with E-state index in [1.54, 1.807) is 4.90 Å². The number of nitrogens with one attached hydrogen (secondary N) is 1. The van der Waals surface area contributed by atoms with Gasteiger partial charge in [0.2, 0.25) is 0 Å². The summed E-state index contributed by atoms with van der Waals surface area (Å²) >= 11 is 0. The maximum Gasteiger partial charge on any atom is 0.321 e. The van der Waals surface area contributed by atoms with E-state index >= 15 is 0 Å². The summed E-state index contributed by atoms with van der Waals surface area (Å²) in [6.07, 6.45) is 0. The first kappa shape index (κ1) is 14.4. The molecule has 1 N–H and O–H groups in total. The molecule has 1 heterocycles. The first-order valence-corrected chi connectivity index (χ1v) is 7.33. The molecule has 0 aromatic heterocycles. The molecule has 3 rings (SSSR count). The van der Waals surface area contributed by atoms with Crippen molar-refractivity contribution in [3.63, 3.8) is 0 Å². The fourth-order valence-electron chi connectivity index (χ4n) is 2.24. The number of carbonyl (C=O) groups is 1. The highest BCUT2D eigenvalue weighted by atomic mass is 16.5. The molecule has 0 unspecified atom stereocenters. The SMILES string of the molecule is O=C(Nc1ccc(Oc2ccccc2)cc1)N1CC[N]CC1. The summed E-state index contributed by atoms with van der Waals surface area (Å²) in [6, 6.07) is 16.9. The Labute approximate surface area is 129 Å². The molecule has 1 aliphatic rings. The Morgan fingerprint density at radius 1 is 0.955 bits per heavy atom. The zero-order valence-corrected chi connectivity index (χ0v) is 12.2. The topological polar surface area (TPSA) is 55.7 Å². The molecule has 1 aliphatic heterocycles. The summed E-state index contributed by atoms with van der Waals surface area (Å²) < 4.78 is 5.72. The van der Waals surface area contributed by atoms with E-state index in [0.29, 0.717) is 13.1 Å². The lowest BCUT2D eigenvalue weighted by Crippen LogP contribution is -2.45. The van der Waals surface area contributed by atoms with E-state index < -0.39 is 0 Å². The van der Waals surface area contributed by atoms with Crippen LogP contribution < -0.4 is 15.4 Å². The van der Waals surface area contributed by atoms with Gasteiger partial charge in [0.1, 0.15) is 11.5 Å². The van der Waals surface area contributed by atoms with Gasteiger partial charge in [-0.2, -0.15) is 0 Å². The number of benzene rings is 2. The van der Waals surface area contributed by atoms with Gasteiger partial charge in [0.15, 0.2) is 0 Å². The summed E-state index contributed by atoms with van der Waals surface area (Å²) in [4.78, 5) is 13.9. The Bertz CT molecular complexity index is 608. The summed E-state index contributed by atoms with van der Waals surface area (Å²) in [5, 5.41) is 7.12. The first-order valence-electron chi connectivity index (χ1n) is 7.33. The van der Waals surface area contributed by atoms with Crippen LogP contribution in [0.25, 0.3) is 0 Å². The molecular weight excluding hydrogens is 278 g/mol. The molecule has 113 valence electrons. The van der Waals surface area contributed by atoms with Gasteiger partial charge in [-0.1, -0.05) is 18.2 Å². The molecule has 5 nitrogen and oxygen atoms in total. The molecule has 0 atom stereocenters. The van der Waals surface area contributed by atoms with Crippen LogP contribution in [0.3, 0.4) is 0 Å². The molecule has 0 aliphatic carbocycles. The zero-order valence-electron chi connectivity index (χ0n) is 12.2. The van der Waals surface area contributed by atoms with Crippen molar-refractivity contribution in [3.8, 4) is 11.5 Å². The number of hydrogen-bond donors (Lipinski definition) is 1. The highest BCUT2D eigenvalue weighted by molar-refractivity contribution is 5.89. The fraction of sp³-hybridized carbons (Fsp3) is 0.235. The van der Waals surface area contributed by atoms with Crippen LogP contribution in [0.1, 0.15) is 0 Å². The smallest absolute Gasteiger partial charge is 0.321 e. The van der Waals surface area contributed by atoms with Crippen LogP contribution in [-0.4, -0.2) is 37.1 Å². The van der Waals surface area contributed by atoms with Crippen molar-refractivity contribution in [1.82, 2.24) is 10.2 Å². The Kier molecular flexibility index (Phi) is 4.56. The molecular formula is C17H18N3O2. The minimum atomic E-state index is -0.0772. The van der Waals surface area contributed by atoms with Gasteiger partial charge in [0.25, 0.3) is 0 Å². The number of hydrogen-bond acceptors (Lipinski definition) is 2. The van der Waals surface area contributed by atoms with Crippen LogP contribution in [0.15, 0.2) is 54.6 Å². The summed E-state index contributed by atoms with van der Waals surface area (Å²) in [7, 11) is 0. The number of anilines is 1. The third kappa shape index (κ3) is 3.77. The molecule has 2 aromatic rings. The van der Waals surface area contributed by atoms with E-state index in [-0.39, 0.29) is 6.03 Å². The number of rotatable bonds is 3. The van der Waals surface area contributed by atoms with E-state index in [1.165, 1.54) is 0 Å². The molecule has 2 aromatic carbocycles. The predicted octanol–water partition coefficient (Wildman–Crippen LogP) is 2.93. The second-order valence-electron chi connectivity index (χ2n) is 5.03. The van der Waals surface area contributed by atoms with E-state index in [0.717, 1.165) is 30.3 Å². The molecule has 0 bridgehead atoms. The fourth-order valence-corrected chi connectivity index (χ4v) is 2.24. The monoisotopic (exact) mass is 296 g/mol. The van der Waals surface area contributed by atoms with Gasteiger partial charge in [0.05, 0.1) is 0 Å². The summed E-state index contributed by atoms with van der Waals surface area (Å²) in [5.74, 6) is 1.53. The largest absolute Gasteiger partial charge is 0.457 e. The number of carbonyl (C=O) groups excluding carboxylic acids is 1. The second-order valence-corrected chi connectivity index (χ2v) is 5.03. The Morgan fingerprint density at radius 2 is 1.59 bits per heavy atom. The van der Waals surface area contributed by atoms with Crippen molar-refractivity contribution in [3.05, 3.63) is 54.6 Å². The van der Waals surface area contributed by atoms with E-state index in [1.807, 2.05) is 54.6 Å². The maximum atomic E-state index is 12.1. The van der Waals surface area contributed by atoms with E-state index in [9.17, 15) is 4.79 Å². The molecule has 0 saturated carbocycles. The van der Waals surface area contributed by atoms with E-state index in [2.05, 4.69) is 10.6 Å². The third-order valence-corrected chi connectivity index (χ3v) is 3.43. The van der Waals surface area contributed by atoms with Gasteiger partial charge in [-0.25, -0.2) is 10.1 Å². The van der Waals surface area contributed by atoms with Crippen LogP contribution in [0.2, 0.25) is 0 Å². The molecule has 0 spiro atoms. The molecule has 1 fully saturated rings. The van der Waals surface area contributed by atoms with Crippen molar-refractivity contribution in [2.75, 3.05) is 31.5 Å². The van der Waals surface area contributed by atoms with Gasteiger partial charge in [0, 0.05) is 31.9 Å². The highest BCUT2D eigenvalue weighted by Gasteiger charge is 2.16. The van der Waals surface area contributed by atoms with Crippen LogP contribution in [0.5, 0.6) is 11.5 Å². The number of nitrogens with zero attached hydrogens (tertiary/aromatic N) is 2. The van der Waals surface area contributed by atoms with Crippen molar-refractivity contribution in [2.24, 2.45) is 0 Å². The Morgan fingerprint density at radius 3 is 2.27 bits per heavy atom. The molecule has 5 heteroatoms. The number of urea groups is 1. The summed E-state index contributed by atoms with van der Waals surface area (Å²) in [5.41, 5.74) is 0.757. The van der Waals surface area contributed by atoms with Crippen LogP contribution in [-0.2, 0) is 0 Å². The highest BCUT2D eigenvalue weighted by Crippen LogP contribution is 2.22. The third-order valence-electron chi connectivity index (χ3n) is 3.43. The number of para-hydroxylation sites is 1. The average Bonchev–Trinajstić information content (AvgIpc) is 2.58. The number of ether oxygens (including phenoxy) is 1. The van der Waals surface area contributed by atoms with Crippen LogP contribution in [0.4, 0.5) is 10.5 Å². The Hall–Kier alpha value is -2.53. The first-order chi connectivity index (χ1) is 10.8. The Balaban J connectivity index is 1.58. The number of amides is 2. The van der Waals surface area contributed by atoms with Crippen LogP contribution in [0, 0.1) is 0 Å². The van der Waals surface area contributed by atoms with Gasteiger partial charge >= 0.3 is 6.03 Å². The number of piperazine rings is 1. The van der Waals surface area contributed by atoms with Crippen molar-refractivity contribution in [2.45, 2.75) is 0 Å². The predicted molar refractivity (Wildman–Crippen MR) is 85.4 cm³/mol. The van der Waals surface area contributed by atoms with Gasteiger partial charge in [-0.15, -0.1) is 0 Å². The molecule has 1 saturated heterocycles. The van der Waals surface area contributed by atoms with Gasteiger partial charge in [-0.05, 0) is 36.4 Å². The van der Waals surface area contributed by atoms with E-state index in [4.69, 9.17) is 4.74 Å². The average molecular weight is 296 g/mol. The van der Waals surface area contributed by atoms with Gasteiger partial charge in [-0.3, -0.25) is 0 Å². The maximum absolute atomic E-state index is 12.1. The zero-order chi connectivity index (χ0) is 15.2.